The highest BCUT2D eigenvalue weighted by Gasteiger charge is 2.15. The van der Waals surface area contributed by atoms with E-state index >= 15 is 0 Å². The highest BCUT2D eigenvalue weighted by Crippen LogP contribution is 2.12. The van der Waals surface area contributed by atoms with Gasteiger partial charge in [0.25, 0.3) is 5.91 Å². The highest BCUT2D eigenvalue weighted by molar-refractivity contribution is 5.93. The molecule has 0 aliphatic rings. The minimum absolute atomic E-state index is 0.0950. The number of amides is 1. The first kappa shape index (κ1) is 16.4. The molecule has 2 N–H and O–H groups in total. The van der Waals surface area contributed by atoms with Crippen molar-refractivity contribution in [3.8, 4) is 0 Å². The van der Waals surface area contributed by atoms with E-state index in [1.807, 2.05) is 24.3 Å². The number of hydrazine groups is 1. The molecule has 0 fully saturated rings. The van der Waals surface area contributed by atoms with Gasteiger partial charge in [0.2, 0.25) is 0 Å². The summed E-state index contributed by atoms with van der Waals surface area (Å²) in [5.74, 6) is 0.227. The summed E-state index contributed by atoms with van der Waals surface area (Å²) in [6, 6.07) is 9.46. The van der Waals surface area contributed by atoms with Crippen LogP contribution >= 0.6 is 0 Å². The molecule has 0 aromatic heterocycles. The van der Waals surface area contributed by atoms with E-state index in [9.17, 15) is 4.79 Å². The van der Waals surface area contributed by atoms with Crippen molar-refractivity contribution in [2.24, 2.45) is 5.92 Å². The van der Waals surface area contributed by atoms with Crippen LogP contribution in [0.5, 0.6) is 0 Å². The van der Waals surface area contributed by atoms with Crippen molar-refractivity contribution in [2.75, 3.05) is 0 Å². The smallest absolute Gasteiger partial charge is 0.265 e. The molecule has 0 aliphatic carbocycles. The zero-order valence-corrected chi connectivity index (χ0v) is 12.6. The van der Waals surface area contributed by atoms with Crippen molar-refractivity contribution in [1.82, 2.24) is 10.9 Å². The Bertz CT molecular complexity index is 403. The van der Waals surface area contributed by atoms with Gasteiger partial charge in [0, 0.05) is 11.6 Å². The van der Waals surface area contributed by atoms with Gasteiger partial charge in [-0.1, -0.05) is 57.4 Å². The summed E-state index contributed by atoms with van der Waals surface area (Å²) in [6.45, 7) is 8.15. The lowest BCUT2D eigenvalue weighted by Gasteiger charge is -2.23. The summed E-state index contributed by atoms with van der Waals surface area (Å²) in [4.78, 5) is 12.0. The second kappa shape index (κ2) is 9.32. The van der Waals surface area contributed by atoms with Gasteiger partial charge < -0.3 is 0 Å². The molecule has 0 aliphatic heterocycles. The van der Waals surface area contributed by atoms with Gasteiger partial charge in [0.05, 0.1) is 0 Å². The van der Waals surface area contributed by atoms with Crippen molar-refractivity contribution >= 4 is 5.91 Å². The Hall–Kier alpha value is -1.61. The standard InChI is InChI=1S/C17H26N2O/c1-4-6-8-13-16(14(3)5-2)18-19-17(20)15-11-9-7-10-12-15/h5,7,9-12,14,16,18H,2,4,6,8,13H2,1,3H3,(H,19,20). The first-order valence-corrected chi connectivity index (χ1v) is 7.42. The molecule has 3 heteroatoms. The number of nitrogens with one attached hydrogen (secondary N) is 2. The Kier molecular flexibility index (Phi) is 7.66. The van der Waals surface area contributed by atoms with Gasteiger partial charge >= 0.3 is 0 Å². The van der Waals surface area contributed by atoms with Gasteiger partial charge in [-0.25, -0.2) is 5.43 Å². The van der Waals surface area contributed by atoms with Crippen LogP contribution in [0.2, 0.25) is 0 Å². The summed E-state index contributed by atoms with van der Waals surface area (Å²) < 4.78 is 0. The maximum Gasteiger partial charge on any atom is 0.265 e. The Labute approximate surface area is 122 Å². The molecule has 3 nitrogen and oxygen atoms in total. The predicted octanol–water partition coefficient (Wildman–Crippen LogP) is 3.69. The van der Waals surface area contributed by atoms with Crippen LogP contribution in [-0.4, -0.2) is 11.9 Å². The monoisotopic (exact) mass is 274 g/mol. The molecular weight excluding hydrogens is 248 g/mol. The molecule has 2 unspecified atom stereocenters. The molecule has 110 valence electrons. The third-order valence-corrected chi connectivity index (χ3v) is 3.53. The number of benzene rings is 1. The van der Waals surface area contributed by atoms with Crippen molar-refractivity contribution in [3.63, 3.8) is 0 Å². The third-order valence-electron chi connectivity index (χ3n) is 3.53. The Morgan fingerprint density at radius 1 is 1.30 bits per heavy atom. The minimum Gasteiger partial charge on any atom is -0.287 e. The van der Waals surface area contributed by atoms with Crippen molar-refractivity contribution in [2.45, 2.75) is 45.6 Å². The molecule has 20 heavy (non-hydrogen) atoms. The van der Waals surface area contributed by atoms with Crippen LogP contribution in [0.15, 0.2) is 43.0 Å². The fraction of sp³-hybridized carbons (Fsp3) is 0.471. The first-order valence-electron chi connectivity index (χ1n) is 7.42. The average Bonchev–Trinajstić information content (AvgIpc) is 2.50. The molecule has 0 saturated heterocycles. The average molecular weight is 274 g/mol. The molecule has 1 aromatic rings. The lowest BCUT2D eigenvalue weighted by Crippen LogP contribution is -2.46. The van der Waals surface area contributed by atoms with Crippen LogP contribution in [0.25, 0.3) is 0 Å². The molecule has 0 heterocycles. The third kappa shape index (κ3) is 5.57. The summed E-state index contributed by atoms with van der Waals surface area (Å²) in [5, 5.41) is 0. The van der Waals surface area contributed by atoms with Gasteiger partial charge in [-0.15, -0.1) is 6.58 Å². The maximum absolute atomic E-state index is 12.0. The number of carbonyl (C=O) groups excluding carboxylic acids is 1. The Balaban J connectivity index is 2.48. The number of hydrogen-bond acceptors (Lipinski definition) is 2. The van der Waals surface area contributed by atoms with Gasteiger partial charge in [-0.2, -0.15) is 0 Å². The van der Waals surface area contributed by atoms with E-state index in [1.54, 1.807) is 12.1 Å². The van der Waals surface area contributed by atoms with E-state index < -0.39 is 0 Å². The molecular formula is C17H26N2O. The summed E-state index contributed by atoms with van der Waals surface area (Å²) in [7, 11) is 0. The summed E-state index contributed by atoms with van der Waals surface area (Å²) in [6.07, 6.45) is 6.54. The normalized spacial score (nSPS) is 13.5. The van der Waals surface area contributed by atoms with Gasteiger partial charge in [-0.3, -0.25) is 10.2 Å². The van der Waals surface area contributed by atoms with E-state index in [1.165, 1.54) is 12.8 Å². The maximum atomic E-state index is 12.0. The van der Waals surface area contributed by atoms with Crippen molar-refractivity contribution in [1.29, 1.82) is 0 Å². The number of unbranched alkanes of at least 4 members (excludes halogenated alkanes) is 2. The Morgan fingerprint density at radius 2 is 2.00 bits per heavy atom. The zero-order valence-electron chi connectivity index (χ0n) is 12.6. The van der Waals surface area contributed by atoms with Gasteiger partial charge in [-0.05, 0) is 24.5 Å². The molecule has 1 amide bonds. The predicted molar refractivity (Wildman–Crippen MR) is 84.3 cm³/mol. The van der Waals surface area contributed by atoms with Crippen molar-refractivity contribution < 1.29 is 4.79 Å². The van der Waals surface area contributed by atoms with Crippen LogP contribution in [-0.2, 0) is 0 Å². The zero-order chi connectivity index (χ0) is 14.8. The van der Waals surface area contributed by atoms with Crippen LogP contribution < -0.4 is 10.9 Å². The second-order valence-electron chi connectivity index (χ2n) is 5.16. The van der Waals surface area contributed by atoms with E-state index in [0.717, 1.165) is 12.8 Å². The molecule has 0 radical (unpaired) electrons. The largest absolute Gasteiger partial charge is 0.287 e. The number of hydrogen-bond donors (Lipinski definition) is 2. The van der Waals surface area contributed by atoms with Gasteiger partial charge in [0.1, 0.15) is 0 Å². The molecule has 0 saturated carbocycles. The topological polar surface area (TPSA) is 41.1 Å². The summed E-state index contributed by atoms with van der Waals surface area (Å²) >= 11 is 0. The van der Waals surface area contributed by atoms with Crippen LogP contribution in [0.1, 0.15) is 49.9 Å². The van der Waals surface area contributed by atoms with Crippen LogP contribution in [0.3, 0.4) is 0 Å². The first-order chi connectivity index (χ1) is 9.69. The quantitative estimate of drug-likeness (QED) is 0.409. The van der Waals surface area contributed by atoms with E-state index in [-0.39, 0.29) is 11.9 Å². The van der Waals surface area contributed by atoms with Crippen molar-refractivity contribution in [3.05, 3.63) is 48.6 Å². The van der Waals surface area contributed by atoms with E-state index in [0.29, 0.717) is 11.5 Å². The molecule has 0 bridgehead atoms. The van der Waals surface area contributed by atoms with Crippen LogP contribution in [0.4, 0.5) is 0 Å². The SMILES string of the molecule is C=CC(C)C(CCCCC)NNC(=O)c1ccccc1. The molecule has 2 atom stereocenters. The second-order valence-corrected chi connectivity index (χ2v) is 5.16. The Morgan fingerprint density at radius 3 is 2.60 bits per heavy atom. The van der Waals surface area contributed by atoms with E-state index in [4.69, 9.17) is 0 Å². The fourth-order valence-electron chi connectivity index (χ4n) is 2.06. The van der Waals surface area contributed by atoms with Gasteiger partial charge in [0.15, 0.2) is 0 Å². The van der Waals surface area contributed by atoms with Crippen LogP contribution in [0, 0.1) is 5.92 Å². The minimum atomic E-state index is -0.0950. The number of carbonyl (C=O) groups is 1. The highest BCUT2D eigenvalue weighted by atomic mass is 16.2. The molecule has 1 aromatic carbocycles. The lowest BCUT2D eigenvalue weighted by molar-refractivity contribution is 0.0919. The molecule has 0 spiro atoms. The van der Waals surface area contributed by atoms with E-state index in [2.05, 4.69) is 31.3 Å². The fourth-order valence-corrected chi connectivity index (χ4v) is 2.06. The summed E-state index contributed by atoms with van der Waals surface area (Å²) in [5.41, 5.74) is 6.63. The number of rotatable bonds is 9. The lowest BCUT2D eigenvalue weighted by atomic mass is 9.97. The molecule has 1 rings (SSSR count).